The van der Waals surface area contributed by atoms with Gasteiger partial charge in [0.2, 0.25) is 0 Å². The first-order valence-corrected chi connectivity index (χ1v) is 7.09. The molecule has 0 spiro atoms. The molecule has 3 heterocycles. The summed E-state index contributed by atoms with van der Waals surface area (Å²) < 4.78 is 15.1. The number of hydrogen-bond acceptors (Lipinski definition) is 4. The van der Waals surface area contributed by atoms with E-state index in [2.05, 4.69) is 25.3 Å². The summed E-state index contributed by atoms with van der Waals surface area (Å²) in [5.74, 6) is -0.267. The molecular weight excluding hydrogens is 295 g/mol. The molecule has 0 amide bonds. The van der Waals surface area contributed by atoms with E-state index < -0.39 is 0 Å². The highest BCUT2D eigenvalue weighted by Gasteiger charge is 2.15. The Hall–Kier alpha value is -3.09. The molecular formula is C16H13FN6. The largest absolute Gasteiger partial charge is 0.273 e. The van der Waals surface area contributed by atoms with Crippen molar-refractivity contribution in [1.82, 2.24) is 29.9 Å². The van der Waals surface area contributed by atoms with Crippen molar-refractivity contribution in [2.45, 2.75) is 6.92 Å². The molecule has 0 aliphatic carbocycles. The number of rotatable bonds is 2. The number of H-pyrrole nitrogens is 1. The van der Waals surface area contributed by atoms with Crippen LogP contribution in [0.1, 0.15) is 5.56 Å². The normalized spacial score (nSPS) is 11.3. The second kappa shape index (κ2) is 4.98. The average Bonchev–Trinajstić information content (AvgIpc) is 3.13. The van der Waals surface area contributed by atoms with Gasteiger partial charge >= 0.3 is 0 Å². The van der Waals surface area contributed by atoms with Crippen LogP contribution in [-0.4, -0.2) is 29.9 Å². The lowest BCUT2D eigenvalue weighted by Gasteiger charge is -2.05. The molecule has 1 N–H and O–H groups in total. The van der Waals surface area contributed by atoms with E-state index in [-0.39, 0.29) is 5.82 Å². The van der Waals surface area contributed by atoms with Crippen LogP contribution in [0.3, 0.4) is 0 Å². The van der Waals surface area contributed by atoms with E-state index in [0.717, 1.165) is 22.5 Å². The standard InChI is InChI=1S/C16H13FN6/c1-9-7-10(17)3-4-11(9)14-15-16(22-21-14)18-8-12(20-15)13-5-6-19-23(13)2/h3-8H,1-2H3,(H,18,21,22). The molecule has 23 heavy (non-hydrogen) atoms. The number of aromatic amines is 1. The summed E-state index contributed by atoms with van der Waals surface area (Å²) in [5, 5.41) is 11.3. The molecule has 3 aromatic heterocycles. The van der Waals surface area contributed by atoms with E-state index >= 15 is 0 Å². The number of hydrogen-bond donors (Lipinski definition) is 1. The third kappa shape index (κ3) is 2.17. The van der Waals surface area contributed by atoms with E-state index in [1.165, 1.54) is 12.1 Å². The van der Waals surface area contributed by atoms with E-state index in [1.54, 1.807) is 23.1 Å². The number of nitrogens with one attached hydrogen (secondary N) is 1. The fraction of sp³-hybridized carbons (Fsp3) is 0.125. The summed E-state index contributed by atoms with van der Waals surface area (Å²) in [4.78, 5) is 9.02. The second-order valence-electron chi connectivity index (χ2n) is 5.33. The van der Waals surface area contributed by atoms with E-state index in [1.807, 2.05) is 20.0 Å². The monoisotopic (exact) mass is 308 g/mol. The van der Waals surface area contributed by atoms with Crippen molar-refractivity contribution in [2.75, 3.05) is 0 Å². The van der Waals surface area contributed by atoms with Crippen molar-refractivity contribution in [3.63, 3.8) is 0 Å². The van der Waals surface area contributed by atoms with Crippen molar-refractivity contribution in [1.29, 1.82) is 0 Å². The van der Waals surface area contributed by atoms with Gasteiger partial charge < -0.3 is 0 Å². The van der Waals surface area contributed by atoms with Gasteiger partial charge in [-0.15, -0.1) is 0 Å². The van der Waals surface area contributed by atoms with Gasteiger partial charge in [-0.3, -0.25) is 9.78 Å². The topological polar surface area (TPSA) is 72.3 Å². The van der Waals surface area contributed by atoms with Crippen LogP contribution in [0.5, 0.6) is 0 Å². The number of halogens is 1. The van der Waals surface area contributed by atoms with E-state index in [0.29, 0.717) is 16.9 Å². The lowest BCUT2D eigenvalue weighted by Crippen LogP contribution is -1.96. The first-order chi connectivity index (χ1) is 11.1. The number of benzene rings is 1. The van der Waals surface area contributed by atoms with Crippen molar-refractivity contribution in [3.05, 3.63) is 48.0 Å². The van der Waals surface area contributed by atoms with Crippen LogP contribution in [0.4, 0.5) is 4.39 Å². The zero-order valence-electron chi connectivity index (χ0n) is 12.6. The highest BCUT2D eigenvalue weighted by molar-refractivity contribution is 5.89. The molecule has 7 heteroatoms. The van der Waals surface area contributed by atoms with Gasteiger partial charge in [0.25, 0.3) is 0 Å². The molecule has 6 nitrogen and oxygen atoms in total. The Balaban J connectivity index is 1.93. The summed E-state index contributed by atoms with van der Waals surface area (Å²) in [6.45, 7) is 1.85. The maximum Gasteiger partial charge on any atom is 0.200 e. The predicted molar refractivity (Wildman–Crippen MR) is 84.0 cm³/mol. The minimum absolute atomic E-state index is 0.267. The van der Waals surface area contributed by atoms with Gasteiger partial charge in [-0.05, 0) is 36.8 Å². The predicted octanol–water partition coefficient (Wildman–Crippen LogP) is 2.87. The molecule has 0 radical (unpaired) electrons. The van der Waals surface area contributed by atoms with Crippen LogP contribution in [0.15, 0.2) is 36.7 Å². The highest BCUT2D eigenvalue weighted by atomic mass is 19.1. The van der Waals surface area contributed by atoms with Gasteiger partial charge in [0.1, 0.15) is 17.0 Å². The molecule has 4 rings (SSSR count). The maximum atomic E-state index is 13.3. The number of nitrogens with zero attached hydrogens (tertiary/aromatic N) is 5. The summed E-state index contributed by atoms with van der Waals surface area (Å²) in [6, 6.07) is 6.50. The molecule has 0 aliphatic heterocycles. The molecule has 0 aliphatic rings. The number of aromatic nitrogens is 6. The molecule has 1 aromatic carbocycles. The van der Waals surface area contributed by atoms with Crippen LogP contribution in [0.25, 0.3) is 33.8 Å². The molecule has 0 bridgehead atoms. The average molecular weight is 308 g/mol. The Kier molecular flexibility index (Phi) is 2.94. The van der Waals surface area contributed by atoms with Gasteiger partial charge in [-0.2, -0.15) is 10.2 Å². The summed E-state index contributed by atoms with van der Waals surface area (Å²) >= 11 is 0. The Morgan fingerprint density at radius 3 is 2.83 bits per heavy atom. The first kappa shape index (κ1) is 13.6. The maximum absolute atomic E-state index is 13.3. The Morgan fingerprint density at radius 2 is 2.09 bits per heavy atom. The molecule has 0 saturated heterocycles. The zero-order chi connectivity index (χ0) is 16.0. The summed E-state index contributed by atoms with van der Waals surface area (Å²) in [5.41, 5.74) is 5.14. The molecule has 0 saturated carbocycles. The van der Waals surface area contributed by atoms with Crippen LogP contribution < -0.4 is 0 Å². The Bertz CT molecular complexity index is 1020. The van der Waals surface area contributed by atoms with Crippen LogP contribution in [-0.2, 0) is 7.05 Å². The second-order valence-corrected chi connectivity index (χ2v) is 5.33. The summed E-state index contributed by atoms with van der Waals surface area (Å²) in [7, 11) is 1.85. The zero-order valence-corrected chi connectivity index (χ0v) is 12.6. The van der Waals surface area contributed by atoms with Gasteiger partial charge in [0, 0.05) is 18.8 Å². The summed E-state index contributed by atoms with van der Waals surface area (Å²) in [6.07, 6.45) is 3.38. The lowest BCUT2D eigenvalue weighted by atomic mass is 10.1. The molecule has 0 unspecified atom stereocenters. The Morgan fingerprint density at radius 1 is 1.22 bits per heavy atom. The fourth-order valence-corrected chi connectivity index (χ4v) is 2.64. The lowest BCUT2D eigenvalue weighted by molar-refractivity contribution is 0.627. The Labute approximate surface area is 131 Å². The molecule has 114 valence electrons. The fourth-order valence-electron chi connectivity index (χ4n) is 2.64. The minimum atomic E-state index is -0.267. The van der Waals surface area contributed by atoms with Gasteiger partial charge in [-0.1, -0.05) is 0 Å². The molecule has 0 fully saturated rings. The van der Waals surface area contributed by atoms with Crippen LogP contribution in [0, 0.1) is 12.7 Å². The van der Waals surface area contributed by atoms with Gasteiger partial charge in [0.15, 0.2) is 5.65 Å². The van der Waals surface area contributed by atoms with Gasteiger partial charge in [0.05, 0.1) is 17.6 Å². The van der Waals surface area contributed by atoms with Crippen molar-refractivity contribution in [2.24, 2.45) is 7.05 Å². The third-order valence-corrected chi connectivity index (χ3v) is 3.80. The molecule has 4 aromatic rings. The first-order valence-electron chi connectivity index (χ1n) is 7.09. The van der Waals surface area contributed by atoms with E-state index in [4.69, 9.17) is 0 Å². The minimum Gasteiger partial charge on any atom is -0.273 e. The van der Waals surface area contributed by atoms with Gasteiger partial charge in [-0.25, -0.2) is 14.4 Å². The van der Waals surface area contributed by atoms with Crippen molar-refractivity contribution >= 4 is 11.2 Å². The van der Waals surface area contributed by atoms with Crippen molar-refractivity contribution < 1.29 is 4.39 Å². The third-order valence-electron chi connectivity index (χ3n) is 3.80. The van der Waals surface area contributed by atoms with Crippen molar-refractivity contribution in [3.8, 4) is 22.6 Å². The molecule has 0 atom stereocenters. The highest BCUT2D eigenvalue weighted by Crippen LogP contribution is 2.28. The van der Waals surface area contributed by atoms with Crippen LogP contribution in [0.2, 0.25) is 0 Å². The SMILES string of the molecule is Cc1cc(F)ccc1-c1[nH]nc2ncc(-c3ccnn3C)nc12. The quantitative estimate of drug-likeness (QED) is 0.618. The smallest absolute Gasteiger partial charge is 0.200 e. The van der Waals surface area contributed by atoms with E-state index in [9.17, 15) is 4.39 Å². The number of fused-ring (bicyclic) bond motifs is 1. The van der Waals surface area contributed by atoms with Crippen LogP contribution >= 0.6 is 0 Å². The number of aryl methyl sites for hydroxylation is 2.